The van der Waals surface area contributed by atoms with Crippen LogP contribution in [0, 0.1) is 5.82 Å². The summed E-state index contributed by atoms with van der Waals surface area (Å²) >= 11 is 0. The van der Waals surface area contributed by atoms with Crippen LogP contribution in [0.4, 0.5) is 17.6 Å². The second kappa shape index (κ2) is 7.33. The van der Waals surface area contributed by atoms with Crippen LogP contribution in [-0.2, 0) is 17.4 Å². The normalized spacial score (nSPS) is 12.5. The molecule has 0 radical (unpaired) electrons. The van der Waals surface area contributed by atoms with Crippen LogP contribution >= 0.6 is 0 Å². The van der Waals surface area contributed by atoms with E-state index in [-0.39, 0.29) is 6.42 Å². The lowest BCUT2D eigenvalue weighted by molar-refractivity contribution is -0.139. The van der Waals surface area contributed by atoms with E-state index < -0.39 is 41.0 Å². The van der Waals surface area contributed by atoms with E-state index in [4.69, 9.17) is 0 Å². The first kappa shape index (κ1) is 18.4. The van der Waals surface area contributed by atoms with Crippen LogP contribution in [0.1, 0.15) is 21.5 Å². The van der Waals surface area contributed by atoms with Gasteiger partial charge >= 0.3 is 12.1 Å². The minimum Gasteiger partial charge on any atom is -0.480 e. The Kier molecular flexibility index (Phi) is 5.41. The predicted octanol–water partition coefficient (Wildman–Crippen LogP) is 3.27. The maximum Gasteiger partial charge on any atom is 0.417 e. The lowest BCUT2D eigenvalue weighted by Gasteiger charge is -2.17. The number of aliphatic carboxylic acids is 1. The lowest BCUT2D eigenvalue weighted by Crippen LogP contribution is -2.42. The molecule has 0 aliphatic heterocycles. The first-order chi connectivity index (χ1) is 11.7. The minimum absolute atomic E-state index is 0.199. The first-order valence-corrected chi connectivity index (χ1v) is 7.13. The van der Waals surface area contributed by atoms with Crippen LogP contribution in [0.5, 0.6) is 0 Å². The van der Waals surface area contributed by atoms with Gasteiger partial charge in [0.15, 0.2) is 0 Å². The van der Waals surface area contributed by atoms with E-state index in [0.717, 1.165) is 30.3 Å². The van der Waals surface area contributed by atoms with Gasteiger partial charge < -0.3 is 10.4 Å². The Hall–Kier alpha value is -2.90. The third kappa shape index (κ3) is 4.79. The molecular weight excluding hydrogens is 342 g/mol. The molecule has 4 nitrogen and oxygen atoms in total. The first-order valence-electron chi connectivity index (χ1n) is 7.13. The zero-order chi connectivity index (χ0) is 18.6. The standard InChI is InChI=1S/C17H13F4NO3/c18-11-7-5-10(6-8-11)9-14(16(24)25)22-15(23)12-3-1-2-4-13(12)17(19,20)21/h1-8,14H,9H2,(H,22,23)(H,24,25)/t14-/m1/s1. The smallest absolute Gasteiger partial charge is 0.417 e. The molecule has 0 unspecified atom stereocenters. The molecule has 25 heavy (non-hydrogen) atoms. The molecule has 0 heterocycles. The number of carbonyl (C=O) groups is 2. The number of nitrogens with one attached hydrogen (secondary N) is 1. The Bertz CT molecular complexity index is 772. The molecule has 0 spiro atoms. The number of alkyl halides is 3. The van der Waals surface area contributed by atoms with Gasteiger partial charge in [0.05, 0.1) is 11.1 Å². The summed E-state index contributed by atoms with van der Waals surface area (Å²) in [5.41, 5.74) is -1.41. The van der Waals surface area contributed by atoms with Crippen molar-refractivity contribution in [1.82, 2.24) is 5.32 Å². The molecule has 2 aromatic carbocycles. The molecule has 0 aromatic heterocycles. The van der Waals surface area contributed by atoms with Gasteiger partial charge in [-0.15, -0.1) is 0 Å². The summed E-state index contributed by atoms with van der Waals surface area (Å²) in [6.45, 7) is 0. The van der Waals surface area contributed by atoms with Crippen LogP contribution in [0.25, 0.3) is 0 Å². The van der Waals surface area contributed by atoms with E-state index in [1.807, 2.05) is 0 Å². The molecule has 132 valence electrons. The van der Waals surface area contributed by atoms with E-state index in [0.29, 0.717) is 5.56 Å². The molecule has 0 saturated carbocycles. The second-order valence-corrected chi connectivity index (χ2v) is 5.24. The zero-order valence-electron chi connectivity index (χ0n) is 12.7. The predicted molar refractivity (Wildman–Crippen MR) is 80.4 cm³/mol. The minimum atomic E-state index is -4.75. The molecule has 0 aliphatic rings. The van der Waals surface area contributed by atoms with Crippen LogP contribution in [0.2, 0.25) is 0 Å². The fraction of sp³-hybridized carbons (Fsp3) is 0.176. The van der Waals surface area contributed by atoms with Gasteiger partial charge in [0, 0.05) is 6.42 Å². The summed E-state index contributed by atoms with van der Waals surface area (Å²) in [5.74, 6) is -3.08. The summed E-state index contributed by atoms with van der Waals surface area (Å²) in [6, 6.07) is 7.54. The van der Waals surface area contributed by atoms with Gasteiger partial charge in [-0.3, -0.25) is 4.79 Å². The number of rotatable bonds is 5. The van der Waals surface area contributed by atoms with Crippen molar-refractivity contribution in [2.24, 2.45) is 0 Å². The highest BCUT2D eigenvalue weighted by atomic mass is 19.4. The summed E-state index contributed by atoms with van der Waals surface area (Å²) in [4.78, 5) is 23.4. The molecule has 8 heteroatoms. The highest BCUT2D eigenvalue weighted by Crippen LogP contribution is 2.31. The Labute approximate surface area is 140 Å². The summed E-state index contributed by atoms with van der Waals surface area (Å²) < 4.78 is 51.8. The Morgan fingerprint density at radius 3 is 2.20 bits per heavy atom. The average molecular weight is 355 g/mol. The fourth-order valence-corrected chi connectivity index (χ4v) is 2.22. The lowest BCUT2D eigenvalue weighted by atomic mass is 10.0. The molecule has 0 bridgehead atoms. The van der Waals surface area contributed by atoms with Gasteiger partial charge in [-0.1, -0.05) is 24.3 Å². The molecule has 2 rings (SSSR count). The third-order valence-electron chi connectivity index (χ3n) is 3.43. The Morgan fingerprint density at radius 2 is 1.64 bits per heavy atom. The molecule has 2 aromatic rings. The molecule has 2 N–H and O–H groups in total. The summed E-state index contributed by atoms with van der Waals surface area (Å²) in [7, 11) is 0. The summed E-state index contributed by atoms with van der Waals surface area (Å²) in [5, 5.41) is 11.3. The topological polar surface area (TPSA) is 66.4 Å². The Balaban J connectivity index is 2.21. The third-order valence-corrected chi connectivity index (χ3v) is 3.43. The van der Waals surface area contributed by atoms with E-state index in [1.54, 1.807) is 0 Å². The van der Waals surface area contributed by atoms with Crippen LogP contribution in [0.15, 0.2) is 48.5 Å². The van der Waals surface area contributed by atoms with Gasteiger partial charge in [-0.2, -0.15) is 13.2 Å². The van der Waals surface area contributed by atoms with E-state index in [1.165, 1.54) is 18.2 Å². The molecule has 1 atom stereocenters. The summed E-state index contributed by atoms with van der Waals surface area (Å²) in [6.07, 6.45) is -4.95. The number of benzene rings is 2. The van der Waals surface area contributed by atoms with Gasteiger partial charge in [0.1, 0.15) is 11.9 Å². The fourth-order valence-electron chi connectivity index (χ4n) is 2.22. The zero-order valence-corrected chi connectivity index (χ0v) is 12.7. The monoisotopic (exact) mass is 355 g/mol. The van der Waals surface area contributed by atoms with Crippen molar-refractivity contribution in [2.75, 3.05) is 0 Å². The Morgan fingerprint density at radius 1 is 1.04 bits per heavy atom. The number of halogens is 4. The number of carboxylic acid groups (broad SMARTS) is 1. The number of hydrogen-bond acceptors (Lipinski definition) is 2. The SMILES string of the molecule is O=C(N[C@H](Cc1ccc(F)cc1)C(=O)O)c1ccccc1C(F)(F)F. The van der Waals surface area contributed by atoms with Crippen molar-refractivity contribution < 1.29 is 32.3 Å². The van der Waals surface area contributed by atoms with Crippen molar-refractivity contribution in [2.45, 2.75) is 18.6 Å². The van der Waals surface area contributed by atoms with E-state index >= 15 is 0 Å². The van der Waals surface area contributed by atoms with Crippen molar-refractivity contribution in [3.8, 4) is 0 Å². The number of carbonyl (C=O) groups excluding carboxylic acids is 1. The van der Waals surface area contributed by atoms with Crippen molar-refractivity contribution in [3.63, 3.8) is 0 Å². The maximum absolute atomic E-state index is 13.0. The largest absolute Gasteiger partial charge is 0.480 e. The van der Waals surface area contributed by atoms with Gasteiger partial charge in [-0.05, 0) is 29.8 Å². The molecule has 0 aliphatic carbocycles. The van der Waals surface area contributed by atoms with Crippen LogP contribution in [-0.4, -0.2) is 23.0 Å². The number of carboxylic acids is 1. The molecule has 0 saturated heterocycles. The number of amides is 1. The van der Waals surface area contributed by atoms with Gasteiger partial charge in [0.25, 0.3) is 5.91 Å². The molecule has 1 amide bonds. The highest BCUT2D eigenvalue weighted by Gasteiger charge is 2.35. The van der Waals surface area contributed by atoms with Crippen molar-refractivity contribution >= 4 is 11.9 Å². The van der Waals surface area contributed by atoms with Crippen LogP contribution in [0.3, 0.4) is 0 Å². The van der Waals surface area contributed by atoms with Gasteiger partial charge in [0.2, 0.25) is 0 Å². The second-order valence-electron chi connectivity index (χ2n) is 5.24. The van der Waals surface area contributed by atoms with Crippen LogP contribution < -0.4 is 5.32 Å². The van der Waals surface area contributed by atoms with E-state index in [9.17, 15) is 32.3 Å². The average Bonchev–Trinajstić information content (AvgIpc) is 2.55. The van der Waals surface area contributed by atoms with Crippen molar-refractivity contribution in [1.29, 1.82) is 0 Å². The quantitative estimate of drug-likeness (QED) is 0.809. The highest BCUT2D eigenvalue weighted by molar-refractivity contribution is 5.98. The molecule has 0 fully saturated rings. The van der Waals surface area contributed by atoms with Crippen molar-refractivity contribution in [3.05, 3.63) is 71.0 Å². The number of hydrogen-bond donors (Lipinski definition) is 2. The van der Waals surface area contributed by atoms with E-state index in [2.05, 4.69) is 5.32 Å². The molecular formula is C17H13F4NO3. The van der Waals surface area contributed by atoms with Gasteiger partial charge in [-0.25, -0.2) is 9.18 Å². The maximum atomic E-state index is 13.0.